The van der Waals surface area contributed by atoms with Gasteiger partial charge in [-0.15, -0.1) is 0 Å². The molecule has 0 aliphatic heterocycles. The summed E-state index contributed by atoms with van der Waals surface area (Å²) in [7, 11) is 0. The summed E-state index contributed by atoms with van der Waals surface area (Å²) in [4.78, 5) is 10.3. The van der Waals surface area contributed by atoms with Crippen LogP contribution in [0.3, 0.4) is 0 Å². The van der Waals surface area contributed by atoms with E-state index in [0.717, 1.165) is 0 Å². The number of hydrogen-bond acceptors (Lipinski definition) is 3. The Morgan fingerprint density at radius 2 is 2.27 bits per heavy atom. The van der Waals surface area contributed by atoms with Gasteiger partial charge in [-0.2, -0.15) is 5.26 Å². The van der Waals surface area contributed by atoms with Crippen LogP contribution in [0.2, 0.25) is 0 Å². The number of rotatable bonds is 3. The molecule has 0 spiro atoms. The molecule has 1 unspecified atom stereocenters. The Labute approximate surface area is 65.6 Å². The van der Waals surface area contributed by atoms with E-state index in [1.54, 1.807) is 13.8 Å². The number of aliphatic carboxylic acids is 1. The van der Waals surface area contributed by atoms with Crippen molar-refractivity contribution in [3.05, 3.63) is 0 Å². The lowest BCUT2D eigenvalue weighted by atomic mass is 9.88. The summed E-state index contributed by atoms with van der Waals surface area (Å²) in [5.74, 6) is -1.06. The maximum Gasteiger partial charge on any atom is 0.320 e. The average Bonchev–Trinajstić information content (AvgIpc) is 1.87. The van der Waals surface area contributed by atoms with E-state index < -0.39 is 17.4 Å². The third-order valence-electron chi connectivity index (χ3n) is 1.35. The lowest BCUT2D eigenvalue weighted by Crippen LogP contribution is -2.34. The Balaban J connectivity index is 4.07. The molecule has 0 aromatic heterocycles. The van der Waals surface area contributed by atoms with Crippen molar-refractivity contribution in [3.63, 3.8) is 0 Å². The van der Waals surface area contributed by atoms with Gasteiger partial charge in [-0.3, -0.25) is 4.79 Å². The van der Waals surface area contributed by atoms with Crippen molar-refractivity contribution in [2.45, 2.75) is 26.3 Å². The van der Waals surface area contributed by atoms with Gasteiger partial charge in [-0.05, 0) is 20.3 Å². The fourth-order valence-electron chi connectivity index (χ4n) is 0.683. The summed E-state index contributed by atoms with van der Waals surface area (Å²) in [5, 5.41) is 16.9. The molecule has 0 rings (SSSR count). The van der Waals surface area contributed by atoms with Gasteiger partial charge in [0.2, 0.25) is 0 Å². The van der Waals surface area contributed by atoms with E-state index in [1.807, 2.05) is 6.07 Å². The predicted octanol–water partition coefficient (Wildman–Crippen LogP) is 0.338. The van der Waals surface area contributed by atoms with E-state index in [4.69, 9.17) is 16.1 Å². The van der Waals surface area contributed by atoms with E-state index >= 15 is 0 Å². The number of nitriles is 1. The summed E-state index contributed by atoms with van der Waals surface area (Å²) in [6.07, 6.45) is 0.179. The van der Waals surface area contributed by atoms with Gasteiger partial charge in [-0.1, -0.05) is 0 Å². The smallest absolute Gasteiger partial charge is 0.320 e. The minimum atomic E-state index is -1.06. The molecule has 0 aromatic carbocycles. The maximum absolute atomic E-state index is 10.3. The fraction of sp³-hybridized carbons (Fsp3) is 0.714. The van der Waals surface area contributed by atoms with Crippen LogP contribution in [0.15, 0.2) is 0 Å². The van der Waals surface area contributed by atoms with E-state index in [9.17, 15) is 4.79 Å². The molecule has 4 nitrogen and oxygen atoms in total. The Kier molecular flexibility index (Phi) is 3.02. The average molecular weight is 156 g/mol. The third kappa shape index (κ3) is 3.58. The van der Waals surface area contributed by atoms with Gasteiger partial charge in [0.1, 0.15) is 6.04 Å². The zero-order valence-corrected chi connectivity index (χ0v) is 6.66. The molecular formula is C7H12N2O2. The first-order valence-electron chi connectivity index (χ1n) is 3.29. The zero-order chi connectivity index (χ0) is 9.07. The fourth-order valence-corrected chi connectivity index (χ4v) is 0.683. The minimum absolute atomic E-state index is 0.179. The van der Waals surface area contributed by atoms with Gasteiger partial charge in [0, 0.05) is 0 Å². The molecule has 0 amide bonds. The highest BCUT2D eigenvalue weighted by molar-refractivity contribution is 5.73. The number of hydrogen-bond donors (Lipinski definition) is 2. The van der Waals surface area contributed by atoms with Crippen LogP contribution in [-0.2, 0) is 4.79 Å². The summed E-state index contributed by atoms with van der Waals surface area (Å²) >= 11 is 0. The first-order valence-corrected chi connectivity index (χ1v) is 3.29. The maximum atomic E-state index is 10.3. The third-order valence-corrected chi connectivity index (χ3v) is 1.35. The molecule has 0 fully saturated rings. The van der Waals surface area contributed by atoms with Crippen LogP contribution < -0.4 is 5.73 Å². The Morgan fingerprint density at radius 3 is 2.55 bits per heavy atom. The SMILES string of the molecule is CC(C)(C#N)CC(N)C(=O)O. The second-order valence-corrected chi connectivity index (χ2v) is 3.14. The van der Waals surface area contributed by atoms with Crippen molar-refractivity contribution in [1.29, 1.82) is 5.26 Å². The monoisotopic (exact) mass is 156 g/mol. The highest BCUT2D eigenvalue weighted by Gasteiger charge is 2.24. The van der Waals surface area contributed by atoms with E-state index in [1.165, 1.54) is 0 Å². The van der Waals surface area contributed by atoms with Gasteiger partial charge < -0.3 is 10.8 Å². The van der Waals surface area contributed by atoms with Crippen molar-refractivity contribution in [2.24, 2.45) is 11.1 Å². The van der Waals surface area contributed by atoms with Crippen LogP contribution in [0.1, 0.15) is 20.3 Å². The van der Waals surface area contributed by atoms with Crippen LogP contribution in [0.5, 0.6) is 0 Å². The van der Waals surface area contributed by atoms with Crippen molar-refractivity contribution >= 4 is 5.97 Å². The molecule has 0 aliphatic carbocycles. The molecule has 0 radical (unpaired) electrons. The Bertz CT molecular complexity index is 193. The van der Waals surface area contributed by atoms with Crippen LogP contribution in [0, 0.1) is 16.7 Å². The van der Waals surface area contributed by atoms with Crippen molar-refractivity contribution < 1.29 is 9.90 Å². The standard InChI is InChI=1S/C7H12N2O2/c1-7(2,4-8)3-5(9)6(10)11/h5H,3,9H2,1-2H3,(H,10,11). The molecule has 0 saturated heterocycles. The van der Waals surface area contributed by atoms with Gasteiger partial charge >= 0.3 is 5.97 Å². The van der Waals surface area contributed by atoms with Gasteiger partial charge in [0.05, 0.1) is 11.5 Å². The van der Waals surface area contributed by atoms with Crippen LogP contribution >= 0.6 is 0 Å². The molecule has 11 heavy (non-hydrogen) atoms. The molecule has 0 heterocycles. The predicted molar refractivity (Wildman–Crippen MR) is 39.6 cm³/mol. The molecule has 0 aliphatic rings. The van der Waals surface area contributed by atoms with E-state index in [2.05, 4.69) is 0 Å². The molecule has 0 aromatic rings. The van der Waals surface area contributed by atoms with Crippen molar-refractivity contribution in [3.8, 4) is 6.07 Å². The zero-order valence-electron chi connectivity index (χ0n) is 6.66. The van der Waals surface area contributed by atoms with E-state index in [-0.39, 0.29) is 6.42 Å². The van der Waals surface area contributed by atoms with Gasteiger partial charge in [0.25, 0.3) is 0 Å². The van der Waals surface area contributed by atoms with Crippen molar-refractivity contribution in [2.75, 3.05) is 0 Å². The largest absolute Gasteiger partial charge is 0.480 e. The molecule has 3 N–H and O–H groups in total. The molecule has 62 valence electrons. The first-order chi connectivity index (χ1) is 4.89. The lowest BCUT2D eigenvalue weighted by Gasteiger charge is -2.16. The van der Waals surface area contributed by atoms with Crippen LogP contribution in [0.4, 0.5) is 0 Å². The Morgan fingerprint density at radius 1 is 1.82 bits per heavy atom. The number of nitrogens with zero attached hydrogens (tertiary/aromatic N) is 1. The van der Waals surface area contributed by atoms with Crippen LogP contribution in [-0.4, -0.2) is 17.1 Å². The van der Waals surface area contributed by atoms with Crippen molar-refractivity contribution in [1.82, 2.24) is 0 Å². The molecule has 4 heteroatoms. The molecular weight excluding hydrogens is 144 g/mol. The number of carboxylic acid groups (broad SMARTS) is 1. The number of carbonyl (C=O) groups is 1. The summed E-state index contributed by atoms with van der Waals surface area (Å²) < 4.78 is 0. The van der Waals surface area contributed by atoms with Gasteiger partial charge in [0.15, 0.2) is 0 Å². The van der Waals surface area contributed by atoms with Crippen LogP contribution in [0.25, 0.3) is 0 Å². The van der Waals surface area contributed by atoms with E-state index in [0.29, 0.717) is 0 Å². The number of carboxylic acids is 1. The second-order valence-electron chi connectivity index (χ2n) is 3.14. The second kappa shape index (κ2) is 3.35. The topological polar surface area (TPSA) is 87.1 Å². The minimum Gasteiger partial charge on any atom is -0.480 e. The molecule has 0 saturated carbocycles. The summed E-state index contributed by atoms with van der Waals surface area (Å²) in [6.45, 7) is 3.32. The molecule has 1 atom stereocenters. The lowest BCUT2D eigenvalue weighted by molar-refractivity contribution is -0.139. The number of nitrogens with two attached hydrogens (primary N) is 1. The molecule has 0 bridgehead atoms. The summed E-state index contributed by atoms with van der Waals surface area (Å²) in [5.41, 5.74) is 4.57. The Hall–Kier alpha value is -1.08. The summed E-state index contributed by atoms with van der Waals surface area (Å²) in [6, 6.07) is 1.04. The highest BCUT2D eigenvalue weighted by atomic mass is 16.4. The first kappa shape index (κ1) is 9.92. The highest BCUT2D eigenvalue weighted by Crippen LogP contribution is 2.19. The van der Waals surface area contributed by atoms with Gasteiger partial charge in [-0.25, -0.2) is 0 Å². The quantitative estimate of drug-likeness (QED) is 0.616. The normalized spacial score (nSPS) is 13.6.